The molecule has 0 radical (unpaired) electrons. The number of aromatic nitrogens is 1. The number of aldehydes is 1. The molecular weight excluding hydrogens is 306 g/mol. The van der Waals surface area contributed by atoms with E-state index in [1.54, 1.807) is 18.2 Å². The molecule has 0 fully saturated rings. The number of rotatable bonds is 6. The molecule has 0 atom stereocenters. The van der Waals surface area contributed by atoms with E-state index in [2.05, 4.69) is 4.98 Å². The Morgan fingerprint density at radius 3 is 2.62 bits per heavy atom. The molecule has 0 unspecified atom stereocenters. The average molecular weight is 323 g/mol. The summed E-state index contributed by atoms with van der Waals surface area (Å²) in [4.78, 5) is 15.3. The molecule has 2 aromatic carbocycles. The van der Waals surface area contributed by atoms with Crippen LogP contribution in [-0.4, -0.2) is 18.4 Å². The maximum absolute atomic E-state index is 10.8. The summed E-state index contributed by atoms with van der Waals surface area (Å²) in [6.07, 6.45) is 0.764. The van der Waals surface area contributed by atoms with E-state index < -0.39 is 0 Å². The normalized spacial score (nSPS) is 10.4. The molecule has 0 aliphatic heterocycles. The second-order valence-corrected chi connectivity index (χ2v) is 5.20. The number of nitrogens with zero attached hydrogens (tertiary/aromatic N) is 1. The molecule has 3 aromatic rings. The first-order valence-corrected chi connectivity index (χ1v) is 7.49. The minimum Gasteiger partial charge on any atom is -0.493 e. The zero-order chi connectivity index (χ0) is 16.9. The lowest BCUT2D eigenvalue weighted by Gasteiger charge is -2.10. The van der Waals surface area contributed by atoms with Crippen LogP contribution in [0.25, 0.3) is 11.5 Å². The van der Waals surface area contributed by atoms with Gasteiger partial charge in [0.1, 0.15) is 24.3 Å². The maximum Gasteiger partial charge on any atom is 0.226 e. The zero-order valence-corrected chi connectivity index (χ0v) is 13.5. The van der Waals surface area contributed by atoms with Crippen molar-refractivity contribution in [3.05, 3.63) is 65.5 Å². The predicted molar refractivity (Wildman–Crippen MR) is 89.4 cm³/mol. The van der Waals surface area contributed by atoms with Gasteiger partial charge >= 0.3 is 0 Å². The van der Waals surface area contributed by atoms with Crippen molar-refractivity contribution in [2.24, 2.45) is 0 Å². The smallest absolute Gasteiger partial charge is 0.226 e. The third-order valence-electron chi connectivity index (χ3n) is 3.60. The van der Waals surface area contributed by atoms with Gasteiger partial charge in [-0.15, -0.1) is 0 Å². The highest BCUT2D eigenvalue weighted by Crippen LogP contribution is 2.29. The van der Waals surface area contributed by atoms with Crippen LogP contribution in [0, 0.1) is 6.92 Å². The van der Waals surface area contributed by atoms with Gasteiger partial charge in [0, 0.05) is 11.1 Å². The molecule has 1 heterocycles. The lowest BCUT2D eigenvalue weighted by Crippen LogP contribution is -2.00. The number of oxazole rings is 1. The number of carbonyl (C=O) groups is 1. The Morgan fingerprint density at radius 1 is 1.12 bits per heavy atom. The van der Waals surface area contributed by atoms with Gasteiger partial charge in [-0.1, -0.05) is 18.2 Å². The quantitative estimate of drug-likeness (QED) is 0.640. The molecule has 5 heteroatoms. The van der Waals surface area contributed by atoms with Gasteiger partial charge in [0.05, 0.1) is 7.11 Å². The van der Waals surface area contributed by atoms with Gasteiger partial charge in [-0.05, 0) is 37.3 Å². The Morgan fingerprint density at radius 2 is 1.92 bits per heavy atom. The molecule has 0 aliphatic carbocycles. The Kier molecular flexibility index (Phi) is 4.61. The molecule has 0 N–H and O–H groups in total. The summed E-state index contributed by atoms with van der Waals surface area (Å²) in [6, 6.07) is 14.7. The van der Waals surface area contributed by atoms with E-state index in [4.69, 9.17) is 13.9 Å². The summed E-state index contributed by atoms with van der Waals surface area (Å²) in [5.41, 5.74) is 2.17. The summed E-state index contributed by atoms with van der Waals surface area (Å²) in [5, 5.41) is 0. The Bertz CT molecular complexity index is 840. The molecule has 122 valence electrons. The van der Waals surface area contributed by atoms with E-state index in [0.717, 1.165) is 17.5 Å². The standard InChI is InChI=1S/C19H17NO4/c1-13-16(20-19(24-13)15-6-4-3-5-7-15)12-23-17-9-8-14(11-21)10-18(17)22-2/h3-11H,12H2,1-2H3. The number of hydrogen-bond acceptors (Lipinski definition) is 5. The second kappa shape index (κ2) is 7.00. The lowest BCUT2D eigenvalue weighted by atomic mass is 10.2. The van der Waals surface area contributed by atoms with Crippen LogP contribution in [0.1, 0.15) is 21.8 Å². The molecule has 0 bridgehead atoms. The molecule has 0 spiro atoms. The molecule has 0 aliphatic rings. The van der Waals surface area contributed by atoms with Gasteiger partial charge in [-0.3, -0.25) is 4.79 Å². The summed E-state index contributed by atoms with van der Waals surface area (Å²) >= 11 is 0. The highest BCUT2D eigenvalue weighted by molar-refractivity contribution is 5.76. The maximum atomic E-state index is 10.8. The van der Waals surface area contributed by atoms with Crippen LogP contribution in [0.4, 0.5) is 0 Å². The second-order valence-electron chi connectivity index (χ2n) is 5.20. The fourth-order valence-electron chi connectivity index (χ4n) is 2.29. The zero-order valence-electron chi connectivity index (χ0n) is 13.5. The lowest BCUT2D eigenvalue weighted by molar-refractivity contribution is 0.112. The van der Waals surface area contributed by atoms with Crippen molar-refractivity contribution in [3.63, 3.8) is 0 Å². The van der Waals surface area contributed by atoms with Crippen LogP contribution in [0.5, 0.6) is 11.5 Å². The van der Waals surface area contributed by atoms with E-state index in [1.165, 1.54) is 7.11 Å². The van der Waals surface area contributed by atoms with Crippen LogP contribution in [0.2, 0.25) is 0 Å². The highest BCUT2D eigenvalue weighted by atomic mass is 16.5. The molecule has 0 saturated heterocycles. The van der Waals surface area contributed by atoms with Crippen molar-refractivity contribution in [1.29, 1.82) is 0 Å². The SMILES string of the molecule is COc1cc(C=O)ccc1OCc1nc(-c2ccccc2)oc1C. The van der Waals surface area contributed by atoms with Crippen LogP contribution in [0.3, 0.4) is 0 Å². The number of ether oxygens (including phenoxy) is 2. The monoisotopic (exact) mass is 323 g/mol. The van der Waals surface area contributed by atoms with Crippen LogP contribution in [0.15, 0.2) is 52.9 Å². The van der Waals surface area contributed by atoms with Crippen LogP contribution in [-0.2, 0) is 6.61 Å². The minimum absolute atomic E-state index is 0.249. The van der Waals surface area contributed by atoms with Gasteiger partial charge in [0.15, 0.2) is 11.5 Å². The van der Waals surface area contributed by atoms with Crippen molar-refractivity contribution in [2.45, 2.75) is 13.5 Å². The number of hydrogen-bond donors (Lipinski definition) is 0. The Hall–Kier alpha value is -3.08. The molecule has 5 nitrogen and oxygen atoms in total. The number of methoxy groups -OCH3 is 1. The topological polar surface area (TPSA) is 61.6 Å². The number of aryl methyl sites for hydroxylation is 1. The number of benzene rings is 2. The van der Waals surface area contributed by atoms with E-state index in [-0.39, 0.29) is 6.61 Å². The van der Waals surface area contributed by atoms with Gasteiger partial charge in [-0.25, -0.2) is 4.98 Å². The summed E-state index contributed by atoms with van der Waals surface area (Å²) in [7, 11) is 1.53. The summed E-state index contributed by atoms with van der Waals surface area (Å²) in [6.45, 7) is 2.10. The minimum atomic E-state index is 0.249. The molecule has 0 saturated carbocycles. The van der Waals surface area contributed by atoms with E-state index in [9.17, 15) is 4.79 Å². The third kappa shape index (κ3) is 3.30. The van der Waals surface area contributed by atoms with Crippen molar-refractivity contribution in [3.8, 4) is 23.0 Å². The van der Waals surface area contributed by atoms with E-state index >= 15 is 0 Å². The van der Waals surface area contributed by atoms with Crippen molar-refractivity contribution >= 4 is 6.29 Å². The fourth-order valence-corrected chi connectivity index (χ4v) is 2.29. The Labute approximate surface area is 139 Å². The molecular formula is C19H17NO4. The fraction of sp³-hybridized carbons (Fsp3) is 0.158. The van der Waals surface area contributed by atoms with Gasteiger partial charge in [-0.2, -0.15) is 0 Å². The molecule has 1 aromatic heterocycles. The van der Waals surface area contributed by atoms with E-state index in [1.807, 2.05) is 37.3 Å². The summed E-state index contributed by atoms with van der Waals surface area (Å²) in [5.74, 6) is 2.32. The molecule has 24 heavy (non-hydrogen) atoms. The van der Waals surface area contributed by atoms with Crippen molar-refractivity contribution in [1.82, 2.24) is 4.98 Å². The van der Waals surface area contributed by atoms with Gasteiger partial charge in [0.2, 0.25) is 5.89 Å². The Balaban J connectivity index is 1.78. The first kappa shape index (κ1) is 15.8. The number of carbonyl (C=O) groups excluding carboxylic acids is 1. The first-order chi connectivity index (χ1) is 11.7. The van der Waals surface area contributed by atoms with Gasteiger partial charge < -0.3 is 13.9 Å². The van der Waals surface area contributed by atoms with E-state index in [0.29, 0.717) is 28.7 Å². The molecule has 3 rings (SSSR count). The largest absolute Gasteiger partial charge is 0.493 e. The van der Waals surface area contributed by atoms with Crippen molar-refractivity contribution < 1.29 is 18.7 Å². The first-order valence-electron chi connectivity index (χ1n) is 7.49. The van der Waals surface area contributed by atoms with Gasteiger partial charge in [0.25, 0.3) is 0 Å². The van der Waals surface area contributed by atoms with Crippen LogP contribution < -0.4 is 9.47 Å². The molecule has 0 amide bonds. The third-order valence-corrected chi connectivity index (χ3v) is 3.60. The predicted octanol–water partition coefficient (Wildman–Crippen LogP) is 4.05. The van der Waals surface area contributed by atoms with Crippen molar-refractivity contribution in [2.75, 3.05) is 7.11 Å². The summed E-state index contributed by atoms with van der Waals surface area (Å²) < 4.78 is 16.7. The average Bonchev–Trinajstić information content (AvgIpc) is 3.01. The highest BCUT2D eigenvalue weighted by Gasteiger charge is 2.13. The van der Waals surface area contributed by atoms with Crippen LogP contribution >= 0.6 is 0 Å².